The first kappa shape index (κ1) is 14.6. The van der Waals surface area contributed by atoms with Crippen LogP contribution in [0.3, 0.4) is 0 Å². The van der Waals surface area contributed by atoms with Crippen LogP contribution >= 0.6 is 0 Å². The third-order valence-corrected chi connectivity index (χ3v) is 3.72. The van der Waals surface area contributed by atoms with Crippen LogP contribution in [-0.2, 0) is 9.59 Å². The van der Waals surface area contributed by atoms with Gasteiger partial charge in [-0.3, -0.25) is 9.59 Å². The van der Waals surface area contributed by atoms with Crippen molar-refractivity contribution in [3.05, 3.63) is 29.8 Å². The van der Waals surface area contributed by atoms with Gasteiger partial charge in [0.15, 0.2) is 0 Å². The standard InChI is InChI=1S/C16H22N2O2/c1-12-6-5-9-15(10-12)18(13(2)19)11-16(20)17-14-7-3-4-8-14/h5-6,9-10,14H,3-4,7-8,11H2,1-2H3,(H,17,20). The van der Waals surface area contributed by atoms with Crippen molar-refractivity contribution in [2.24, 2.45) is 0 Å². The number of amides is 2. The van der Waals surface area contributed by atoms with E-state index in [1.54, 1.807) is 0 Å². The highest BCUT2D eigenvalue weighted by Crippen LogP contribution is 2.18. The number of hydrogen-bond donors (Lipinski definition) is 1. The minimum Gasteiger partial charge on any atom is -0.352 e. The molecule has 0 aliphatic heterocycles. The van der Waals surface area contributed by atoms with Crippen molar-refractivity contribution < 1.29 is 9.59 Å². The highest BCUT2D eigenvalue weighted by molar-refractivity contribution is 5.97. The number of rotatable bonds is 4. The molecule has 1 aromatic rings. The van der Waals surface area contributed by atoms with Crippen molar-refractivity contribution in [1.29, 1.82) is 0 Å². The average molecular weight is 274 g/mol. The molecule has 0 unspecified atom stereocenters. The van der Waals surface area contributed by atoms with E-state index < -0.39 is 0 Å². The Labute approximate surface area is 120 Å². The van der Waals surface area contributed by atoms with Crippen molar-refractivity contribution in [2.75, 3.05) is 11.4 Å². The van der Waals surface area contributed by atoms with E-state index in [0.717, 1.165) is 24.1 Å². The number of carbonyl (C=O) groups is 2. The maximum Gasteiger partial charge on any atom is 0.240 e. The fraction of sp³-hybridized carbons (Fsp3) is 0.500. The average Bonchev–Trinajstić information content (AvgIpc) is 2.88. The summed E-state index contributed by atoms with van der Waals surface area (Å²) in [5.41, 5.74) is 1.85. The van der Waals surface area contributed by atoms with Crippen molar-refractivity contribution in [2.45, 2.75) is 45.6 Å². The van der Waals surface area contributed by atoms with Gasteiger partial charge in [-0.25, -0.2) is 0 Å². The molecule has 2 rings (SSSR count). The Morgan fingerprint density at radius 1 is 1.30 bits per heavy atom. The van der Waals surface area contributed by atoms with E-state index in [9.17, 15) is 9.59 Å². The maximum atomic E-state index is 12.1. The third kappa shape index (κ3) is 3.83. The molecule has 0 atom stereocenters. The molecule has 1 saturated carbocycles. The smallest absolute Gasteiger partial charge is 0.240 e. The molecule has 1 aromatic carbocycles. The normalized spacial score (nSPS) is 15.1. The minimum absolute atomic E-state index is 0.0754. The number of aryl methyl sites for hydroxylation is 1. The van der Waals surface area contributed by atoms with Crippen LogP contribution in [0.15, 0.2) is 24.3 Å². The first-order chi connectivity index (χ1) is 9.56. The Bertz CT molecular complexity index is 493. The summed E-state index contributed by atoms with van der Waals surface area (Å²) >= 11 is 0. The Morgan fingerprint density at radius 2 is 2.00 bits per heavy atom. The highest BCUT2D eigenvalue weighted by atomic mass is 16.2. The molecular weight excluding hydrogens is 252 g/mol. The molecule has 0 bridgehead atoms. The third-order valence-electron chi connectivity index (χ3n) is 3.72. The molecule has 0 radical (unpaired) electrons. The molecule has 4 heteroatoms. The van der Waals surface area contributed by atoms with Gasteiger partial charge in [-0.15, -0.1) is 0 Å². The maximum absolute atomic E-state index is 12.1. The Balaban J connectivity index is 2.02. The summed E-state index contributed by atoms with van der Waals surface area (Å²) in [5, 5.41) is 3.02. The van der Waals surface area contributed by atoms with Gasteiger partial charge in [0.2, 0.25) is 11.8 Å². The number of hydrogen-bond acceptors (Lipinski definition) is 2. The molecule has 0 saturated heterocycles. The van der Waals surface area contributed by atoms with Gasteiger partial charge in [0, 0.05) is 18.7 Å². The van der Waals surface area contributed by atoms with Gasteiger partial charge in [0.1, 0.15) is 6.54 Å². The van der Waals surface area contributed by atoms with Gasteiger partial charge in [-0.05, 0) is 37.5 Å². The van der Waals surface area contributed by atoms with E-state index in [1.807, 2.05) is 31.2 Å². The SMILES string of the molecule is CC(=O)N(CC(=O)NC1CCCC1)c1cccc(C)c1. The summed E-state index contributed by atoms with van der Waals surface area (Å²) in [6.45, 7) is 3.56. The molecule has 0 aromatic heterocycles. The fourth-order valence-electron chi connectivity index (χ4n) is 2.67. The number of anilines is 1. The van der Waals surface area contributed by atoms with Gasteiger partial charge in [0.05, 0.1) is 0 Å². The summed E-state index contributed by atoms with van der Waals surface area (Å²) in [7, 11) is 0. The topological polar surface area (TPSA) is 49.4 Å². The van der Waals surface area contributed by atoms with Crippen LogP contribution in [0.1, 0.15) is 38.2 Å². The van der Waals surface area contributed by atoms with Crippen LogP contribution < -0.4 is 10.2 Å². The molecule has 1 fully saturated rings. The van der Waals surface area contributed by atoms with Crippen molar-refractivity contribution in [3.63, 3.8) is 0 Å². The van der Waals surface area contributed by atoms with Crippen LogP contribution in [0.5, 0.6) is 0 Å². The second-order valence-corrected chi connectivity index (χ2v) is 5.49. The van der Waals surface area contributed by atoms with E-state index in [2.05, 4.69) is 5.32 Å². The number of nitrogens with zero attached hydrogens (tertiary/aromatic N) is 1. The molecular formula is C16H22N2O2. The monoisotopic (exact) mass is 274 g/mol. The predicted molar refractivity (Wildman–Crippen MR) is 79.6 cm³/mol. The minimum atomic E-state index is -0.114. The molecule has 2 amide bonds. The first-order valence-corrected chi connectivity index (χ1v) is 7.20. The summed E-state index contributed by atoms with van der Waals surface area (Å²) < 4.78 is 0. The van der Waals surface area contributed by atoms with Gasteiger partial charge < -0.3 is 10.2 Å². The van der Waals surface area contributed by atoms with Crippen LogP contribution in [0.4, 0.5) is 5.69 Å². The molecule has 0 spiro atoms. The zero-order valence-corrected chi connectivity index (χ0v) is 12.2. The summed E-state index contributed by atoms with van der Waals surface area (Å²) in [5.74, 6) is -0.189. The number of nitrogens with one attached hydrogen (secondary N) is 1. The van der Waals surface area contributed by atoms with E-state index >= 15 is 0 Å². The van der Waals surface area contributed by atoms with Crippen LogP contribution in [-0.4, -0.2) is 24.4 Å². The van der Waals surface area contributed by atoms with Crippen LogP contribution in [0, 0.1) is 6.92 Å². The first-order valence-electron chi connectivity index (χ1n) is 7.20. The summed E-state index contributed by atoms with van der Waals surface area (Å²) in [6.07, 6.45) is 4.46. The zero-order chi connectivity index (χ0) is 14.5. The molecule has 1 aliphatic rings. The fourth-order valence-corrected chi connectivity index (χ4v) is 2.67. The molecule has 4 nitrogen and oxygen atoms in total. The lowest BCUT2D eigenvalue weighted by atomic mass is 10.2. The van der Waals surface area contributed by atoms with Gasteiger partial charge in [0.25, 0.3) is 0 Å². The zero-order valence-electron chi connectivity index (χ0n) is 12.2. The van der Waals surface area contributed by atoms with Gasteiger partial charge in [-0.1, -0.05) is 25.0 Å². The predicted octanol–water partition coefficient (Wildman–Crippen LogP) is 2.41. The summed E-state index contributed by atoms with van der Waals surface area (Å²) in [4.78, 5) is 25.4. The molecule has 20 heavy (non-hydrogen) atoms. The molecule has 0 heterocycles. The number of benzene rings is 1. The molecule has 1 N–H and O–H groups in total. The lowest BCUT2D eigenvalue weighted by Crippen LogP contribution is -2.43. The van der Waals surface area contributed by atoms with Crippen molar-refractivity contribution in [1.82, 2.24) is 5.32 Å². The van der Waals surface area contributed by atoms with E-state index in [4.69, 9.17) is 0 Å². The Morgan fingerprint density at radius 3 is 2.60 bits per heavy atom. The van der Waals surface area contributed by atoms with E-state index in [1.165, 1.54) is 24.7 Å². The lowest BCUT2D eigenvalue weighted by molar-refractivity contribution is -0.123. The van der Waals surface area contributed by atoms with Crippen molar-refractivity contribution in [3.8, 4) is 0 Å². The number of carbonyl (C=O) groups excluding carboxylic acids is 2. The quantitative estimate of drug-likeness (QED) is 0.916. The molecule has 108 valence electrons. The van der Waals surface area contributed by atoms with Crippen LogP contribution in [0.25, 0.3) is 0 Å². The molecule has 1 aliphatic carbocycles. The Kier molecular flexibility index (Phi) is 4.77. The van der Waals surface area contributed by atoms with Gasteiger partial charge in [-0.2, -0.15) is 0 Å². The van der Waals surface area contributed by atoms with Crippen molar-refractivity contribution >= 4 is 17.5 Å². The Hall–Kier alpha value is -1.84. The largest absolute Gasteiger partial charge is 0.352 e. The lowest BCUT2D eigenvalue weighted by Gasteiger charge is -2.22. The highest BCUT2D eigenvalue weighted by Gasteiger charge is 2.20. The van der Waals surface area contributed by atoms with E-state index in [-0.39, 0.29) is 24.4 Å². The summed E-state index contributed by atoms with van der Waals surface area (Å²) in [6, 6.07) is 7.94. The van der Waals surface area contributed by atoms with E-state index in [0.29, 0.717) is 0 Å². The second kappa shape index (κ2) is 6.55. The second-order valence-electron chi connectivity index (χ2n) is 5.49. The van der Waals surface area contributed by atoms with Crippen LogP contribution in [0.2, 0.25) is 0 Å². The van der Waals surface area contributed by atoms with Gasteiger partial charge >= 0.3 is 0 Å².